The lowest BCUT2D eigenvalue weighted by atomic mass is 10.1. The van der Waals surface area contributed by atoms with Gasteiger partial charge in [0, 0.05) is 31.1 Å². The third-order valence-electron chi connectivity index (χ3n) is 5.64. The molecular weight excluding hydrogens is 406 g/mol. The van der Waals surface area contributed by atoms with E-state index in [-0.39, 0.29) is 10.5 Å². The number of piperazine rings is 1. The molecule has 29 heavy (non-hydrogen) atoms. The van der Waals surface area contributed by atoms with Crippen LogP contribution in [0.4, 0.5) is 5.82 Å². The summed E-state index contributed by atoms with van der Waals surface area (Å²) >= 11 is 1.76. The van der Waals surface area contributed by atoms with Gasteiger partial charge in [0.2, 0.25) is 10.0 Å². The van der Waals surface area contributed by atoms with Crippen LogP contribution in [0.2, 0.25) is 0 Å². The number of benzene rings is 1. The van der Waals surface area contributed by atoms with Crippen LogP contribution < -0.4 is 4.90 Å². The molecule has 5 rings (SSSR count). The molecule has 3 aromatic rings. The van der Waals surface area contributed by atoms with E-state index in [9.17, 15) is 13.7 Å². The zero-order chi connectivity index (χ0) is 20.0. The second-order valence-electron chi connectivity index (χ2n) is 7.23. The molecule has 0 spiro atoms. The van der Waals surface area contributed by atoms with Crippen molar-refractivity contribution in [3.8, 4) is 6.07 Å². The van der Waals surface area contributed by atoms with Crippen LogP contribution in [-0.2, 0) is 22.9 Å². The number of aryl methyl sites for hydroxylation is 2. The molecule has 0 atom stereocenters. The van der Waals surface area contributed by atoms with E-state index in [2.05, 4.69) is 14.9 Å². The van der Waals surface area contributed by atoms with Gasteiger partial charge < -0.3 is 4.90 Å². The van der Waals surface area contributed by atoms with Crippen molar-refractivity contribution in [3.05, 3.63) is 46.6 Å². The SMILES string of the molecule is N#Cc1ccccc1S(=O)(=O)N1CCN(c2ncnc3sc4c(c23)CCC4)CC1. The number of thiophene rings is 1. The third-order valence-corrected chi connectivity index (χ3v) is 8.80. The molecule has 1 aromatic carbocycles. The highest BCUT2D eigenvalue weighted by atomic mass is 32.2. The van der Waals surface area contributed by atoms with Crippen LogP contribution in [0, 0.1) is 11.3 Å². The van der Waals surface area contributed by atoms with E-state index < -0.39 is 10.0 Å². The van der Waals surface area contributed by atoms with Crippen molar-refractivity contribution in [1.29, 1.82) is 5.26 Å². The van der Waals surface area contributed by atoms with Gasteiger partial charge in [-0.3, -0.25) is 0 Å². The number of rotatable bonds is 3. The highest BCUT2D eigenvalue weighted by Crippen LogP contribution is 2.40. The van der Waals surface area contributed by atoms with Gasteiger partial charge in [0.25, 0.3) is 0 Å². The molecule has 0 bridgehead atoms. The normalized spacial score (nSPS) is 17.4. The van der Waals surface area contributed by atoms with Crippen molar-refractivity contribution in [1.82, 2.24) is 14.3 Å². The average Bonchev–Trinajstić information content (AvgIpc) is 3.35. The van der Waals surface area contributed by atoms with E-state index in [0.717, 1.165) is 28.9 Å². The summed E-state index contributed by atoms with van der Waals surface area (Å²) in [6, 6.07) is 8.35. The fourth-order valence-corrected chi connectivity index (χ4v) is 7.00. The first-order valence-electron chi connectivity index (χ1n) is 9.59. The lowest BCUT2D eigenvalue weighted by Gasteiger charge is -2.35. The van der Waals surface area contributed by atoms with Crippen molar-refractivity contribution < 1.29 is 8.42 Å². The van der Waals surface area contributed by atoms with Gasteiger partial charge in [0.1, 0.15) is 23.0 Å². The Morgan fingerprint density at radius 2 is 1.86 bits per heavy atom. The Morgan fingerprint density at radius 3 is 2.66 bits per heavy atom. The van der Waals surface area contributed by atoms with Gasteiger partial charge >= 0.3 is 0 Å². The van der Waals surface area contributed by atoms with Crippen molar-refractivity contribution in [2.75, 3.05) is 31.1 Å². The topological polar surface area (TPSA) is 90.2 Å². The fourth-order valence-electron chi connectivity index (χ4n) is 4.21. The zero-order valence-electron chi connectivity index (χ0n) is 15.7. The monoisotopic (exact) mass is 425 g/mol. The standard InChI is InChI=1S/C20H19N5O2S2/c21-12-14-4-1-2-7-17(14)29(26,27)25-10-8-24(9-11-25)19-18-15-5-3-6-16(15)28-20(18)23-13-22-19/h1-2,4,7,13H,3,5-6,8-11H2. The minimum absolute atomic E-state index is 0.0797. The van der Waals surface area contributed by atoms with E-state index in [4.69, 9.17) is 0 Å². The first-order chi connectivity index (χ1) is 14.1. The van der Waals surface area contributed by atoms with E-state index in [1.807, 2.05) is 6.07 Å². The summed E-state index contributed by atoms with van der Waals surface area (Å²) in [4.78, 5) is 13.7. The van der Waals surface area contributed by atoms with Crippen molar-refractivity contribution in [2.24, 2.45) is 0 Å². The van der Waals surface area contributed by atoms with Crippen LogP contribution in [0.25, 0.3) is 10.2 Å². The quantitative estimate of drug-likeness (QED) is 0.641. The summed E-state index contributed by atoms with van der Waals surface area (Å²) in [5, 5.41) is 10.4. The number of nitriles is 1. The minimum atomic E-state index is -3.70. The number of anilines is 1. The molecule has 0 N–H and O–H groups in total. The number of hydrogen-bond acceptors (Lipinski definition) is 7. The number of sulfonamides is 1. The first kappa shape index (κ1) is 18.5. The van der Waals surface area contributed by atoms with Crippen LogP contribution >= 0.6 is 11.3 Å². The predicted molar refractivity (Wildman–Crippen MR) is 112 cm³/mol. The molecule has 2 aliphatic rings. The van der Waals surface area contributed by atoms with E-state index in [1.54, 1.807) is 29.8 Å². The second kappa shape index (κ2) is 7.06. The van der Waals surface area contributed by atoms with Crippen LogP contribution in [-0.4, -0.2) is 48.9 Å². The summed E-state index contributed by atoms with van der Waals surface area (Å²) in [6.45, 7) is 1.84. The molecule has 0 amide bonds. The number of fused-ring (bicyclic) bond motifs is 3. The highest BCUT2D eigenvalue weighted by molar-refractivity contribution is 7.89. The zero-order valence-corrected chi connectivity index (χ0v) is 17.3. The van der Waals surface area contributed by atoms with Gasteiger partial charge in [0.15, 0.2) is 0 Å². The maximum atomic E-state index is 13.1. The van der Waals surface area contributed by atoms with Crippen molar-refractivity contribution >= 4 is 37.4 Å². The van der Waals surface area contributed by atoms with Crippen molar-refractivity contribution in [3.63, 3.8) is 0 Å². The molecule has 148 valence electrons. The average molecular weight is 426 g/mol. The van der Waals surface area contributed by atoms with Crippen LogP contribution in [0.1, 0.15) is 22.4 Å². The smallest absolute Gasteiger partial charge is 0.244 e. The van der Waals surface area contributed by atoms with Crippen LogP contribution in [0.3, 0.4) is 0 Å². The van der Waals surface area contributed by atoms with Gasteiger partial charge in [-0.2, -0.15) is 9.57 Å². The first-order valence-corrected chi connectivity index (χ1v) is 11.8. The van der Waals surface area contributed by atoms with Crippen LogP contribution in [0.5, 0.6) is 0 Å². The molecule has 9 heteroatoms. The number of aromatic nitrogens is 2. The van der Waals surface area contributed by atoms with E-state index >= 15 is 0 Å². The molecule has 1 saturated heterocycles. The lowest BCUT2D eigenvalue weighted by molar-refractivity contribution is 0.384. The van der Waals surface area contributed by atoms with Gasteiger partial charge in [-0.15, -0.1) is 11.3 Å². The summed E-state index contributed by atoms with van der Waals surface area (Å²) in [5.74, 6) is 0.920. The predicted octanol–water partition coefficient (Wildman–Crippen LogP) is 2.56. The molecule has 0 unspecified atom stereocenters. The van der Waals surface area contributed by atoms with Gasteiger partial charge in [-0.25, -0.2) is 18.4 Å². The summed E-state index contributed by atoms with van der Waals surface area (Å²) < 4.78 is 27.6. The van der Waals surface area contributed by atoms with Gasteiger partial charge in [0.05, 0.1) is 15.8 Å². The molecule has 7 nitrogen and oxygen atoms in total. The Balaban J connectivity index is 1.42. The molecular formula is C20H19N5O2S2. The Morgan fingerprint density at radius 1 is 1.07 bits per heavy atom. The Bertz CT molecular complexity index is 1240. The van der Waals surface area contributed by atoms with Gasteiger partial charge in [-0.05, 0) is 37.0 Å². The molecule has 0 saturated carbocycles. The Hall–Kier alpha value is -2.54. The fraction of sp³-hybridized carbons (Fsp3) is 0.350. The van der Waals surface area contributed by atoms with Crippen molar-refractivity contribution in [2.45, 2.75) is 24.2 Å². The molecule has 0 radical (unpaired) electrons. The highest BCUT2D eigenvalue weighted by Gasteiger charge is 2.32. The second-order valence-corrected chi connectivity index (χ2v) is 10.2. The Labute approximate surface area is 173 Å². The summed E-state index contributed by atoms with van der Waals surface area (Å²) in [6.07, 6.45) is 4.96. The molecule has 1 fully saturated rings. The summed E-state index contributed by atoms with van der Waals surface area (Å²) in [7, 11) is -3.70. The Kier molecular flexibility index (Phi) is 4.50. The molecule has 1 aliphatic carbocycles. The maximum Gasteiger partial charge on any atom is 0.244 e. The van der Waals surface area contributed by atoms with E-state index in [0.29, 0.717) is 26.2 Å². The number of hydrogen-bond donors (Lipinski definition) is 0. The molecule has 3 heterocycles. The molecule has 1 aliphatic heterocycles. The lowest BCUT2D eigenvalue weighted by Crippen LogP contribution is -2.49. The largest absolute Gasteiger partial charge is 0.353 e. The van der Waals surface area contributed by atoms with Crippen LogP contribution in [0.15, 0.2) is 35.5 Å². The van der Waals surface area contributed by atoms with Gasteiger partial charge in [-0.1, -0.05) is 12.1 Å². The third kappa shape index (κ3) is 2.99. The minimum Gasteiger partial charge on any atom is -0.353 e. The maximum absolute atomic E-state index is 13.1. The molecule has 2 aromatic heterocycles. The van der Waals surface area contributed by atoms with E-state index in [1.165, 1.54) is 33.3 Å². The number of nitrogens with zero attached hydrogens (tertiary/aromatic N) is 5. The summed E-state index contributed by atoms with van der Waals surface area (Å²) in [5.41, 5.74) is 1.56.